The number of thioether (sulfide) groups is 1. The van der Waals surface area contributed by atoms with Gasteiger partial charge in [-0.1, -0.05) is 33.6 Å². The number of nitrogens with zero attached hydrogens (tertiary/aromatic N) is 2. The summed E-state index contributed by atoms with van der Waals surface area (Å²) in [5, 5.41) is 1.06. The third-order valence-corrected chi connectivity index (χ3v) is 4.00. The molecular formula is C12H21N3S. The fourth-order valence-corrected chi connectivity index (χ4v) is 2.54. The first-order chi connectivity index (χ1) is 7.69. The molecule has 0 aliphatic heterocycles. The second kappa shape index (κ2) is 6.74. The van der Waals surface area contributed by atoms with Crippen LogP contribution in [0.3, 0.4) is 0 Å². The van der Waals surface area contributed by atoms with Crippen LogP contribution in [0.5, 0.6) is 0 Å². The summed E-state index contributed by atoms with van der Waals surface area (Å²) in [4.78, 5) is 8.40. The molecular weight excluding hydrogens is 218 g/mol. The second-order valence-corrected chi connectivity index (χ2v) is 5.13. The number of rotatable bonds is 6. The molecule has 0 amide bonds. The van der Waals surface area contributed by atoms with Gasteiger partial charge in [0.15, 0.2) is 0 Å². The van der Waals surface area contributed by atoms with Crippen LogP contribution in [0.1, 0.15) is 39.2 Å². The average molecular weight is 239 g/mol. The monoisotopic (exact) mass is 239 g/mol. The molecule has 0 spiro atoms. The number of nitrogen functional groups attached to an aromatic ring is 1. The molecule has 1 atom stereocenters. The van der Waals surface area contributed by atoms with E-state index in [1.165, 1.54) is 6.42 Å². The SMILES string of the molecule is CCCc1c(N)ncnc1SCC(C)CC. The van der Waals surface area contributed by atoms with E-state index in [1.807, 2.05) is 0 Å². The van der Waals surface area contributed by atoms with Crippen molar-refractivity contribution < 1.29 is 0 Å². The zero-order chi connectivity index (χ0) is 12.0. The van der Waals surface area contributed by atoms with E-state index in [0.717, 1.165) is 35.1 Å². The smallest absolute Gasteiger partial charge is 0.131 e. The molecule has 2 N–H and O–H groups in total. The quantitative estimate of drug-likeness (QED) is 0.612. The molecule has 1 aromatic rings. The van der Waals surface area contributed by atoms with Gasteiger partial charge in [-0.05, 0) is 12.3 Å². The van der Waals surface area contributed by atoms with E-state index in [4.69, 9.17) is 5.73 Å². The van der Waals surface area contributed by atoms with Crippen LogP contribution in [0.2, 0.25) is 0 Å². The highest BCUT2D eigenvalue weighted by Crippen LogP contribution is 2.26. The topological polar surface area (TPSA) is 51.8 Å². The maximum absolute atomic E-state index is 5.88. The molecule has 1 aromatic heterocycles. The fraction of sp³-hybridized carbons (Fsp3) is 0.667. The standard InChI is InChI=1S/C12H21N3S/c1-4-6-10-11(13)14-8-15-12(10)16-7-9(3)5-2/h8-9H,4-7H2,1-3H3,(H2,13,14,15). The van der Waals surface area contributed by atoms with Gasteiger partial charge in [-0.3, -0.25) is 0 Å². The molecule has 0 saturated heterocycles. The number of nitrogens with two attached hydrogens (primary N) is 1. The lowest BCUT2D eigenvalue weighted by Gasteiger charge is -2.11. The van der Waals surface area contributed by atoms with E-state index in [9.17, 15) is 0 Å². The van der Waals surface area contributed by atoms with Gasteiger partial charge in [0.05, 0.1) is 0 Å². The summed E-state index contributed by atoms with van der Waals surface area (Å²) in [6, 6.07) is 0. The van der Waals surface area contributed by atoms with Crippen LogP contribution in [0.15, 0.2) is 11.4 Å². The summed E-state index contributed by atoms with van der Waals surface area (Å²) in [5.74, 6) is 2.46. The largest absolute Gasteiger partial charge is 0.383 e. The van der Waals surface area contributed by atoms with E-state index < -0.39 is 0 Å². The summed E-state index contributed by atoms with van der Waals surface area (Å²) in [5.41, 5.74) is 7.01. The second-order valence-electron chi connectivity index (χ2n) is 4.12. The van der Waals surface area contributed by atoms with Gasteiger partial charge < -0.3 is 5.73 Å². The van der Waals surface area contributed by atoms with Crippen molar-refractivity contribution in [1.29, 1.82) is 0 Å². The van der Waals surface area contributed by atoms with Gasteiger partial charge >= 0.3 is 0 Å². The highest BCUT2D eigenvalue weighted by molar-refractivity contribution is 7.99. The minimum atomic E-state index is 0.642. The van der Waals surface area contributed by atoms with Crippen molar-refractivity contribution in [3.05, 3.63) is 11.9 Å². The summed E-state index contributed by atoms with van der Waals surface area (Å²) in [6.45, 7) is 6.62. The van der Waals surface area contributed by atoms with Gasteiger partial charge in [-0.2, -0.15) is 0 Å². The maximum Gasteiger partial charge on any atom is 0.131 e. The number of hydrogen-bond donors (Lipinski definition) is 1. The van der Waals surface area contributed by atoms with Crippen molar-refractivity contribution in [2.45, 2.75) is 45.1 Å². The molecule has 0 aromatic carbocycles. The zero-order valence-corrected chi connectivity index (χ0v) is 11.2. The van der Waals surface area contributed by atoms with Gasteiger partial charge in [0, 0.05) is 11.3 Å². The van der Waals surface area contributed by atoms with Gasteiger partial charge in [0.2, 0.25) is 0 Å². The molecule has 0 aliphatic carbocycles. The van der Waals surface area contributed by atoms with E-state index in [-0.39, 0.29) is 0 Å². The van der Waals surface area contributed by atoms with Crippen LogP contribution in [0.25, 0.3) is 0 Å². The molecule has 16 heavy (non-hydrogen) atoms. The Kier molecular flexibility index (Phi) is 5.60. The predicted molar refractivity (Wildman–Crippen MR) is 70.6 cm³/mol. The molecule has 0 aliphatic rings. The molecule has 4 heteroatoms. The Morgan fingerprint density at radius 3 is 2.75 bits per heavy atom. The van der Waals surface area contributed by atoms with Gasteiger partial charge in [-0.25, -0.2) is 9.97 Å². The van der Waals surface area contributed by atoms with E-state index >= 15 is 0 Å². The van der Waals surface area contributed by atoms with Crippen LogP contribution >= 0.6 is 11.8 Å². The fourth-order valence-electron chi connectivity index (χ4n) is 1.36. The van der Waals surface area contributed by atoms with Crippen LogP contribution in [0, 0.1) is 5.92 Å². The van der Waals surface area contributed by atoms with E-state index in [2.05, 4.69) is 30.7 Å². The van der Waals surface area contributed by atoms with E-state index in [1.54, 1.807) is 18.1 Å². The lowest BCUT2D eigenvalue weighted by Crippen LogP contribution is -2.03. The molecule has 3 nitrogen and oxygen atoms in total. The third kappa shape index (κ3) is 3.67. The number of anilines is 1. The summed E-state index contributed by atoms with van der Waals surface area (Å²) < 4.78 is 0. The molecule has 1 rings (SSSR count). The molecule has 90 valence electrons. The van der Waals surface area contributed by atoms with Gasteiger partial charge in [0.1, 0.15) is 17.2 Å². The first kappa shape index (κ1) is 13.3. The molecule has 0 saturated carbocycles. The van der Waals surface area contributed by atoms with Crippen LogP contribution in [-0.4, -0.2) is 15.7 Å². The Balaban J connectivity index is 2.74. The lowest BCUT2D eigenvalue weighted by atomic mass is 10.2. The lowest BCUT2D eigenvalue weighted by molar-refractivity contribution is 0.636. The summed E-state index contributed by atoms with van der Waals surface area (Å²) in [7, 11) is 0. The summed E-state index contributed by atoms with van der Waals surface area (Å²) in [6.07, 6.45) is 4.81. The van der Waals surface area contributed by atoms with Crippen molar-refractivity contribution in [3.63, 3.8) is 0 Å². The van der Waals surface area contributed by atoms with Crippen LogP contribution in [0.4, 0.5) is 5.82 Å². The molecule has 1 unspecified atom stereocenters. The highest BCUT2D eigenvalue weighted by Gasteiger charge is 2.10. The minimum Gasteiger partial charge on any atom is -0.383 e. The first-order valence-corrected chi connectivity index (χ1v) is 6.89. The molecule has 0 radical (unpaired) electrons. The van der Waals surface area contributed by atoms with Crippen LogP contribution < -0.4 is 5.73 Å². The third-order valence-electron chi connectivity index (χ3n) is 2.64. The van der Waals surface area contributed by atoms with E-state index in [0.29, 0.717) is 5.82 Å². The van der Waals surface area contributed by atoms with Gasteiger partial charge in [-0.15, -0.1) is 11.8 Å². The molecule has 0 bridgehead atoms. The summed E-state index contributed by atoms with van der Waals surface area (Å²) >= 11 is 1.80. The Labute approximate surface area is 102 Å². The average Bonchev–Trinajstić information content (AvgIpc) is 2.29. The first-order valence-electron chi connectivity index (χ1n) is 5.91. The molecule has 0 fully saturated rings. The Morgan fingerprint density at radius 2 is 2.12 bits per heavy atom. The van der Waals surface area contributed by atoms with Crippen LogP contribution in [-0.2, 0) is 6.42 Å². The minimum absolute atomic E-state index is 0.642. The molecule has 1 heterocycles. The normalized spacial score (nSPS) is 12.7. The van der Waals surface area contributed by atoms with Crippen molar-refractivity contribution in [1.82, 2.24) is 9.97 Å². The van der Waals surface area contributed by atoms with Crippen molar-refractivity contribution in [3.8, 4) is 0 Å². The maximum atomic E-state index is 5.88. The van der Waals surface area contributed by atoms with Crippen molar-refractivity contribution in [2.24, 2.45) is 5.92 Å². The zero-order valence-electron chi connectivity index (χ0n) is 10.4. The predicted octanol–water partition coefficient (Wildman–Crippen LogP) is 3.15. The highest BCUT2D eigenvalue weighted by atomic mass is 32.2. The number of aromatic nitrogens is 2. The van der Waals surface area contributed by atoms with Crippen molar-refractivity contribution in [2.75, 3.05) is 11.5 Å². The Hall–Kier alpha value is -0.770. The Morgan fingerprint density at radius 1 is 1.38 bits per heavy atom. The van der Waals surface area contributed by atoms with Gasteiger partial charge in [0.25, 0.3) is 0 Å². The number of hydrogen-bond acceptors (Lipinski definition) is 4. The Bertz CT molecular complexity index is 328. The van der Waals surface area contributed by atoms with Crippen molar-refractivity contribution >= 4 is 17.6 Å².